The largest absolute Gasteiger partial charge is 0.478 e. The molecule has 0 saturated heterocycles. The monoisotopic (exact) mass is 628 g/mol. The summed E-state index contributed by atoms with van der Waals surface area (Å²) in [5, 5.41) is 71.7. The van der Waals surface area contributed by atoms with Gasteiger partial charge in [0, 0.05) is 68.5 Å². The fourth-order valence-electron chi connectivity index (χ4n) is 1.50. The van der Waals surface area contributed by atoms with Crippen LogP contribution in [0.4, 0.5) is 0 Å². The van der Waals surface area contributed by atoms with Gasteiger partial charge in [-0.15, -0.1) is 0 Å². The molecule has 44 heavy (non-hydrogen) atoms. The molecule has 252 valence electrons. The van der Waals surface area contributed by atoms with Gasteiger partial charge in [-0.05, 0) is 0 Å². The number of nitrogens with zero attached hydrogens (tertiary/aromatic N) is 4. The molecule has 18 N–H and O–H groups in total. The fraction of sp³-hybridized carbons (Fsp3) is 0.500. The second kappa shape index (κ2) is 27.6. The summed E-state index contributed by atoms with van der Waals surface area (Å²) in [6, 6.07) is 0. The third-order valence-corrected chi connectivity index (χ3v) is 3.96. The number of aliphatic carboxylic acids is 2. The van der Waals surface area contributed by atoms with Crippen molar-refractivity contribution in [2.75, 3.05) is 56.4 Å². The van der Waals surface area contributed by atoms with Crippen LogP contribution >= 0.6 is 0 Å². The summed E-state index contributed by atoms with van der Waals surface area (Å²) < 4.78 is 0. The van der Waals surface area contributed by atoms with E-state index in [-0.39, 0.29) is 49.0 Å². The Bertz CT molecular complexity index is 889. The highest BCUT2D eigenvalue weighted by molar-refractivity contribution is 6.00. The molecular weight excluding hydrogens is 576 g/mol. The van der Waals surface area contributed by atoms with Crippen molar-refractivity contribution in [3.63, 3.8) is 0 Å². The second-order valence-electron chi connectivity index (χ2n) is 9.18. The number of hydrogen-bond donors (Lipinski definition) is 14. The molecule has 0 radical (unpaired) electrons. The van der Waals surface area contributed by atoms with Crippen molar-refractivity contribution in [1.82, 2.24) is 19.6 Å². The zero-order valence-corrected chi connectivity index (χ0v) is 26.8. The standard InChI is InChI=1S/4C5H12N4.C4H4O4/c4*1-9(2)5(8)3-4(6)7;5-3(6)1-2-4(7)8/h4*8H,3H2,1-2H3,(H3,6,7);1-2H,(H,5,6)(H,7,8)/b;;;;2-1+. The highest BCUT2D eigenvalue weighted by Gasteiger charge is 2.01. The number of nitrogens with one attached hydrogen (secondary N) is 8. The van der Waals surface area contributed by atoms with Crippen LogP contribution in [0.2, 0.25) is 0 Å². The van der Waals surface area contributed by atoms with E-state index in [2.05, 4.69) is 0 Å². The van der Waals surface area contributed by atoms with Crippen molar-refractivity contribution in [3.8, 4) is 0 Å². The molecule has 0 aliphatic heterocycles. The van der Waals surface area contributed by atoms with E-state index in [1.807, 2.05) is 0 Å². The summed E-state index contributed by atoms with van der Waals surface area (Å²) in [7, 11) is 14.0. The maximum absolute atomic E-state index is 9.55. The molecular formula is C24H52N16O4. The summed E-state index contributed by atoms with van der Waals surface area (Å²) in [6.45, 7) is 0. The normalized spacial score (nSPS) is 8.82. The molecule has 0 aliphatic rings. The first kappa shape index (κ1) is 48.2. The first-order valence-corrected chi connectivity index (χ1v) is 12.2. The van der Waals surface area contributed by atoms with E-state index in [9.17, 15) is 9.59 Å². The third kappa shape index (κ3) is 46.3. The minimum absolute atomic E-state index is 0.0358. The van der Waals surface area contributed by atoms with Crippen LogP contribution < -0.4 is 22.9 Å². The Morgan fingerprint density at radius 2 is 0.591 bits per heavy atom. The fourth-order valence-corrected chi connectivity index (χ4v) is 1.50. The minimum atomic E-state index is -1.26. The lowest BCUT2D eigenvalue weighted by Crippen LogP contribution is -2.26. The Kier molecular flexibility index (Phi) is 30.2. The Morgan fingerprint density at radius 3 is 0.636 bits per heavy atom. The number of carboxylic acid groups (broad SMARTS) is 2. The summed E-state index contributed by atoms with van der Waals surface area (Å²) in [5.74, 6) is -0.917. The van der Waals surface area contributed by atoms with Crippen LogP contribution in [0.5, 0.6) is 0 Å². The molecule has 0 bridgehead atoms. The van der Waals surface area contributed by atoms with Crippen LogP contribution in [0.1, 0.15) is 25.7 Å². The van der Waals surface area contributed by atoms with Gasteiger partial charge in [-0.1, -0.05) is 0 Å². The highest BCUT2D eigenvalue weighted by Crippen LogP contribution is 1.87. The summed E-state index contributed by atoms with van der Waals surface area (Å²) >= 11 is 0. The molecule has 0 rings (SSSR count). The molecule has 0 fully saturated rings. The Labute approximate surface area is 258 Å². The minimum Gasteiger partial charge on any atom is -0.478 e. The zero-order valence-electron chi connectivity index (χ0n) is 26.8. The molecule has 0 aromatic carbocycles. The van der Waals surface area contributed by atoms with Gasteiger partial charge in [-0.3, -0.25) is 43.3 Å². The first-order valence-electron chi connectivity index (χ1n) is 12.2. The zero-order chi connectivity index (χ0) is 36.3. The van der Waals surface area contributed by atoms with Gasteiger partial charge in [-0.25, -0.2) is 9.59 Å². The maximum atomic E-state index is 9.55. The average Bonchev–Trinajstić information content (AvgIpc) is 2.82. The number of carbonyl (C=O) groups is 2. The van der Waals surface area contributed by atoms with Crippen LogP contribution in [0.3, 0.4) is 0 Å². The number of hydrogen-bond acceptors (Lipinski definition) is 10. The lowest BCUT2D eigenvalue weighted by atomic mass is 10.3. The lowest BCUT2D eigenvalue weighted by Gasteiger charge is -2.11. The smallest absolute Gasteiger partial charge is 0.328 e. The van der Waals surface area contributed by atoms with Crippen molar-refractivity contribution in [3.05, 3.63) is 12.2 Å². The number of carboxylic acids is 2. The molecule has 0 saturated carbocycles. The molecule has 20 nitrogen and oxygen atoms in total. The van der Waals surface area contributed by atoms with Crippen LogP contribution in [0, 0.1) is 43.3 Å². The topological polar surface area (TPSA) is 382 Å². The second-order valence-corrected chi connectivity index (χ2v) is 9.18. The van der Waals surface area contributed by atoms with E-state index in [1.165, 1.54) is 0 Å². The SMILES string of the molecule is CN(C)C(=N)CC(=N)N.CN(C)C(=N)CC(=N)N.CN(C)C(=N)CC(=N)N.CN(C)C(=N)CC(=N)N.O=C(O)/C=C/C(=O)O. The molecule has 0 aromatic rings. The van der Waals surface area contributed by atoms with Gasteiger partial charge in [0.25, 0.3) is 0 Å². The van der Waals surface area contributed by atoms with E-state index < -0.39 is 11.9 Å². The van der Waals surface area contributed by atoms with E-state index in [0.717, 1.165) is 0 Å². The van der Waals surface area contributed by atoms with E-state index in [1.54, 1.807) is 76.0 Å². The van der Waals surface area contributed by atoms with Crippen LogP contribution in [-0.2, 0) is 9.59 Å². The quantitative estimate of drug-likeness (QED) is 0.0796. The molecule has 0 atom stereocenters. The van der Waals surface area contributed by atoms with Gasteiger partial charge in [0.1, 0.15) is 23.3 Å². The van der Waals surface area contributed by atoms with Gasteiger partial charge < -0.3 is 52.7 Å². The average molecular weight is 629 g/mol. The van der Waals surface area contributed by atoms with Gasteiger partial charge in [0.2, 0.25) is 0 Å². The Balaban J connectivity index is -0.000000144. The first-order chi connectivity index (χ1) is 19.8. The Hall–Kier alpha value is -5.56. The molecule has 0 aromatic heterocycles. The molecule has 0 unspecified atom stereocenters. The molecule has 0 spiro atoms. The van der Waals surface area contributed by atoms with Gasteiger partial charge >= 0.3 is 11.9 Å². The van der Waals surface area contributed by atoms with Crippen molar-refractivity contribution < 1.29 is 19.8 Å². The van der Waals surface area contributed by atoms with Crippen LogP contribution in [-0.4, -0.2) is 145 Å². The maximum Gasteiger partial charge on any atom is 0.328 e. The van der Waals surface area contributed by atoms with Crippen molar-refractivity contribution in [2.24, 2.45) is 22.9 Å². The summed E-state index contributed by atoms with van der Waals surface area (Å²) in [5.41, 5.74) is 20.2. The van der Waals surface area contributed by atoms with Gasteiger partial charge in [-0.2, -0.15) is 0 Å². The van der Waals surface area contributed by atoms with Crippen LogP contribution in [0.15, 0.2) is 12.2 Å². The summed E-state index contributed by atoms with van der Waals surface area (Å²) in [4.78, 5) is 25.6. The number of rotatable bonds is 10. The Morgan fingerprint density at radius 1 is 0.455 bits per heavy atom. The van der Waals surface area contributed by atoms with E-state index in [4.69, 9.17) is 76.4 Å². The van der Waals surface area contributed by atoms with Crippen molar-refractivity contribution >= 4 is 58.6 Å². The van der Waals surface area contributed by atoms with Gasteiger partial charge in [0.15, 0.2) is 0 Å². The highest BCUT2D eigenvalue weighted by atomic mass is 16.4. The van der Waals surface area contributed by atoms with Gasteiger partial charge in [0.05, 0.1) is 49.0 Å². The molecule has 0 heterocycles. The molecule has 20 heteroatoms. The number of amidine groups is 8. The predicted molar refractivity (Wildman–Crippen MR) is 176 cm³/mol. The van der Waals surface area contributed by atoms with E-state index in [0.29, 0.717) is 35.5 Å². The number of nitrogens with two attached hydrogens (primary N) is 4. The molecule has 0 aliphatic carbocycles. The lowest BCUT2D eigenvalue weighted by molar-refractivity contribution is -0.134. The van der Waals surface area contributed by atoms with Crippen molar-refractivity contribution in [2.45, 2.75) is 25.7 Å². The summed E-state index contributed by atoms with van der Waals surface area (Å²) in [6.07, 6.45) is 2.09. The van der Waals surface area contributed by atoms with E-state index >= 15 is 0 Å². The predicted octanol–water partition coefficient (Wildman–Crippen LogP) is -0.883. The molecule has 0 amide bonds. The van der Waals surface area contributed by atoms with Crippen LogP contribution in [0.25, 0.3) is 0 Å². The van der Waals surface area contributed by atoms with Crippen molar-refractivity contribution in [1.29, 1.82) is 43.3 Å². The third-order valence-electron chi connectivity index (χ3n) is 3.96.